The predicted octanol–water partition coefficient (Wildman–Crippen LogP) is 1.01. The van der Waals surface area contributed by atoms with Crippen molar-refractivity contribution in [1.29, 1.82) is 0 Å². The molecule has 0 spiro atoms. The summed E-state index contributed by atoms with van der Waals surface area (Å²) in [5.74, 6) is 0. The number of amides is 1. The van der Waals surface area contributed by atoms with Crippen molar-refractivity contribution in [3.8, 4) is 0 Å². The lowest BCUT2D eigenvalue weighted by atomic mass is 10.3. The average molecular weight is 196 g/mol. The third-order valence-corrected chi connectivity index (χ3v) is 2.16. The maximum absolute atomic E-state index is 11.7. The number of rotatable bonds is 3. The minimum Gasteiger partial charge on any atom is -0.307 e. The number of nitrogens with zero attached hydrogens (tertiary/aromatic N) is 3. The van der Waals surface area contributed by atoms with Gasteiger partial charge in [-0.05, 0) is 6.42 Å². The fraction of sp³-hybridized carbons (Fsp3) is 0.600. The van der Waals surface area contributed by atoms with Crippen molar-refractivity contribution in [2.24, 2.45) is 7.05 Å². The van der Waals surface area contributed by atoms with Gasteiger partial charge < -0.3 is 4.90 Å². The van der Waals surface area contributed by atoms with Crippen LogP contribution in [0.4, 0.5) is 4.79 Å². The summed E-state index contributed by atoms with van der Waals surface area (Å²) in [4.78, 5) is 13.5. The van der Waals surface area contributed by atoms with Gasteiger partial charge in [0, 0.05) is 13.6 Å². The van der Waals surface area contributed by atoms with Crippen LogP contribution in [0.5, 0.6) is 0 Å². The molecule has 0 N–H and O–H groups in total. The fourth-order valence-corrected chi connectivity index (χ4v) is 1.25. The van der Waals surface area contributed by atoms with Crippen LogP contribution in [-0.4, -0.2) is 29.1 Å². The van der Waals surface area contributed by atoms with E-state index in [1.165, 1.54) is 0 Å². The van der Waals surface area contributed by atoms with Gasteiger partial charge in [0.15, 0.2) is 0 Å². The second-order valence-electron chi connectivity index (χ2n) is 3.54. The van der Waals surface area contributed by atoms with Gasteiger partial charge in [0.05, 0.1) is 7.05 Å². The summed E-state index contributed by atoms with van der Waals surface area (Å²) in [5, 5.41) is 0. The van der Waals surface area contributed by atoms with Crippen molar-refractivity contribution in [1.82, 2.24) is 9.47 Å². The van der Waals surface area contributed by atoms with E-state index in [0.717, 1.165) is 19.4 Å². The smallest absolute Gasteiger partial charge is 0.307 e. The first kappa shape index (κ1) is 10.8. The zero-order valence-electron chi connectivity index (χ0n) is 9.10. The van der Waals surface area contributed by atoms with Crippen molar-refractivity contribution in [2.75, 3.05) is 13.6 Å². The van der Waals surface area contributed by atoms with E-state index >= 15 is 0 Å². The maximum atomic E-state index is 11.7. The van der Waals surface area contributed by atoms with Gasteiger partial charge in [-0.2, -0.15) is 4.57 Å². The quantitative estimate of drug-likeness (QED) is 0.663. The molecule has 0 bridgehead atoms. The SMILES string of the molecule is CCCCN(C)C(=O)n1cc[n+](C)c1. The number of carbonyl (C=O) groups excluding carboxylic acids is 1. The molecule has 14 heavy (non-hydrogen) atoms. The molecule has 0 unspecified atom stereocenters. The highest BCUT2D eigenvalue weighted by molar-refractivity contribution is 5.76. The summed E-state index contributed by atoms with van der Waals surface area (Å²) in [5.41, 5.74) is 0. The van der Waals surface area contributed by atoms with Crippen molar-refractivity contribution in [3.63, 3.8) is 0 Å². The summed E-state index contributed by atoms with van der Waals surface area (Å²) in [6.45, 7) is 2.94. The molecular weight excluding hydrogens is 178 g/mol. The van der Waals surface area contributed by atoms with Gasteiger partial charge >= 0.3 is 6.03 Å². The van der Waals surface area contributed by atoms with Gasteiger partial charge in [-0.3, -0.25) is 0 Å². The van der Waals surface area contributed by atoms with Crippen molar-refractivity contribution in [2.45, 2.75) is 19.8 Å². The normalized spacial score (nSPS) is 10.2. The molecule has 0 aliphatic rings. The number of aromatic nitrogens is 2. The molecule has 1 amide bonds. The lowest BCUT2D eigenvalue weighted by Crippen LogP contribution is -2.33. The summed E-state index contributed by atoms with van der Waals surface area (Å²) in [6.07, 6.45) is 7.55. The molecule has 1 rings (SSSR count). The molecule has 1 heterocycles. The Morgan fingerprint density at radius 3 is 2.79 bits per heavy atom. The Hall–Kier alpha value is -1.32. The van der Waals surface area contributed by atoms with Gasteiger partial charge in [-0.25, -0.2) is 9.36 Å². The Labute approximate surface area is 84.8 Å². The molecule has 4 nitrogen and oxygen atoms in total. The fourth-order valence-electron chi connectivity index (χ4n) is 1.25. The molecule has 0 fully saturated rings. The van der Waals surface area contributed by atoms with E-state index in [0.29, 0.717) is 0 Å². The minimum absolute atomic E-state index is 0.0269. The van der Waals surface area contributed by atoms with Crippen LogP contribution in [0.15, 0.2) is 18.7 Å². The Morgan fingerprint density at radius 2 is 2.29 bits per heavy atom. The molecule has 0 aliphatic carbocycles. The van der Waals surface area contributed by atoms with Crippen LogP contribution in [0.25, 0.3) is 0 Å². The number of hydrogen-bond donors (Lipinski definition) is 0. The van der Waals surface area contributed by atoms with Gasteiger partial charge in [0.2, 0.25) is 0 Å². The molecule has 78 valence electrons. The van der Waals surface area contributed by atoms with Gasteiger partial charge in [0.25, 0.3) is 6.33 Å². The Balaban J connectivity index is 2.56. The van der Waals surface area contributed by atoms with Crippen LogP contribution < -0.4 is 4.57 Å². The van der Waals surface area contributed by atoms with Crippen molar-refractivity contribution in [3.05, 3.63) is 18.7 Å². The number of imidazole rings is 1. The summed E-state index contributed by atoms with van der Waals surface area (Å²) < 4.78 is 3.45. The molecule has 0 saturated heterocycles. The third-order valence-electron chi connectivity index (χ3n) is 2.16. The average Bonchev–Trinajstić information content (AvgIpc) is 2.60. The number of aryl methyl sites for hydroxylation is 1. The van der Waals surface area contributed by atoms with Gasteiger partial charge in [-0.1, -0.05) is 13.3 Å². The van der Waals surface area contributed by atoms with Crippen LogP contribution in [-0.2, 0) is 7.05 Å². The second kappa shape index (κ2) is 4.79. The Morgan fingerprint density at radius 1 is 1.57 bits per heavy atom. The number of unbranched alkanes of at least 4 members (excludes halogenated alkanes) is 1. The van der Waals surface area contributed by atoms with Crippen LogP contribution in [0.2, 0.25) is 0 Å². The highest BCUT2D eigenvalue weighted by atomic mass is 16.2. The van der Waals surface area contributed by atoms with Crippen LogP contribution in [0.1, 0.15) is 19.8 Å². The molecule has 0 atom stereocenters. The molecule has 0 aliphatic heterocycles. The van der Waals surface area contributed by atoms with E-state index in [1.807, 2.05) is 24.9 Å². The van der Waals surface area contributed by atoms with Gasteiger partial charge in [0.1, 0.15) is 12.4 Å². The van der Waals surface area contributed by atoms with Crippen molar-refractivity contribution < 1.29 is 9.36 Å². The lowest BCUT2D eigenvalue weighted by Gasteiger charge is -2.12. The van der Waals surface area contributed by atoms with E-state index in [9.17, 15) is 4.79 Å². The molecular formula is C10H18N3O+. The third kappa shape index (κ3) is 2.58. The number of hydrogen-bond acceptors (Lipinski definition) is 1. The zero-order valence-corrected chi connectivity index (χ0v) is 9.10. The summed E-state index contributed by atoms with van der Waals surface area (Å²) in [7, 11) is 3.73. The van der Waals surface area contributed by atoms with Gasteiger partial charge in [-0.15, -0.1) is 0 Å². The largest absolute Gasteiger partial charge is 0.415 e. The van der Waals surface area contributed by atoms with Crippen LogP contribution in [0, 0.1) is 0 Å². The first-order valence-corrected chi connectivity index (χ1v) is 4.94. The molecule has 0 saturated carbocycles. The van der Waals surface area contributed by atoms with E-state index in [4.69, 9.17) is 0 Å². The molecule has 1 aromatic heterocycles. The monoisotopic (exact) mass is 196 g/mol. The van der Waals surface area contributed by atoms with Crippen LogP contribution in [0.3, 0.4) is 0 Å². The standard InChI is InChI=1S/C10H18N3O/c1-4-5-6-12(3)10(14)13-8-7-11(2)9-13/h7-9H,4-6H2,1-3H3/q+1. The molecule has 0 radical (unpaired) electrons. The van der Waals surface area contributed by atoms with E-state index in [1.54, 1.807) is 22.0 Å². The summed E-state index contributed by atoms with van der Waals surface area (Å²) >= 11 is 0. The molecule has 1 aromatic rings. The van der Waals surface area contributed by atoms with E-state index in [-0.39, 0.29) is 6.03 Å². The zero-order chi connectivity index (χ0) is 10.6. The minimum atomic E-state index is 0.0269. The Bertz CT molecular complexity index is 306. The summed E-state index contributed by atoms with van der Waals surface area (Å²) in [6, 6.07) is 0.0269. The topological polar surface area (TPSA) is 29.1 Å². The van der Waals surface area contributed by atoms with E-state index in [2.05, 4.69) is 6.92 Å². The molecule has 4 heteroatoms. The van der Waals surface area contributed by atoms with Crippen molar-refractivity contribution >= 4 is 6.03 Å². The highest BCUT2D eigenvalue weighted by Crippen LogP contribution is 1.96. The number of carbonyl (C=O) groups is 1. The first-order chi connectivity index (χ1) is 6.65. The van der Waals surface area contributed by atoms with E-state index < -0.39 is 0 Å². The lowest BCUT2D eigenvalue weighted by molar-refractivity contribution is -0.670. The maximum Gasteiger partial charge on any atom is 0.415 e. The molecule has 0 aromatic carbocycles. The first-order valence-electron chi connectivity index (χ1n) is 4.94. The highest BCUT2D eigenvalue weighted by Gasteiger charge is 2.15. The van der Waals surface area contributed by atoms with Crippen LogP contribution >= 0.6 is 0 Å². The predicted molar refractivity (Wildman–Crippen MR) is 53.9 cm³/mol. The Kier molecular flexibility index (Phi) is 3.68. The second-order valence-corrected chi connectivity index (χ2v) is 3.54.